The highest BCUT2D eigenvalue weighted by molar-refractivity contribution is 6.30. The molecular formula is C17H11Cl2F2N5O3. The second-order valence-corrected chi connectivity index (χ2v) is 6.64. The highest BCUT2D eigenvalue weighted by atomic mass is 35.5. The summed E-state index contributed by atoms with van der Waals surface area (Å²) in [5.74, 6) is -1.62. The molecule has 29 heavy (non-hydrogen) atoms. The first-order valence-corrected chi connectivity index (χ1v) is 8.72. The van der Waals surface area contributed by atoms with Crippen molar-refractivity contribution in [3.05, 3.63) is 67.4 Å². The number of alkyl halides is 2. The summed E-state index contributed by atoms with van der Waals surface area (Å²) in [6.07, 6.45) is -3.02. The number of H-pyrrole nitrogens is 1. The smallest absolute Gasteiger partial charge is 0.293 e. The maximum atomic E-state index is 13.4. The molecule has 2 aromatic rings. The molecule has 12 heteroatoms. The number of rotatable bonds is 5. The molecule has 2 N–H and O–H groups in total. The zero-order valence-corrected chi connectivity index (χ0v) is 15.9. The number of carbonyl (C=O) groups is 1. The first-order chi connectivity index (χ1) is 13.8. The van der Waals surface area contributed by atoms with Gasteiger partial charge in [0.05, 0.1) is 24.8 Å². The number of hydrogen-bond donors (Lipinski definition) is 2. The molecule has 1 amide bonds. The molecule has 1 aliphatic heterocycles. The lowest BCUT2D eigenvalue weighted by Gasteiger charge is -2.30. The third-order valence-corrected chi connectivity index (χ3v) is 4.25. The molecule has 0 spiro atoms. The Labute approximate surface area is 172 Å². The van der Waals surface area contributed by atoms with Crippen LogP contribution in [0.4, 0.5) is 8.78 Å². The molecule has 0 unspecified atom stereocenters. The minimum Gasteiger partial charge on any atom is -0.449 e. The number of nitrogens with one attached hydrogen (secondary N) is 2. The van der Waals surface area contributed by atoms with Gasteiger partial charge in [0.25, 0.3) is 17.9 Å². The third-order valence-electron chi connectivity index (χ3n) is 3.84. The van der Waals surface area contributed by atoms with Gasteiger partial charge < -0.3 is 15.0 Å². The molecular weight excluding hydrogens is 431 g/mol. The Morgan fingerprint density at radius 3 is 2.72 bits per heavy atom. The lowest BCUT2D eigenvalue weighted by Crippen LogP contribution is -2.47. The van der Waals surface area contributed by atoms with E-state index in [-0.39, 0.29) is 40.3 Å². The Bertz CT molecular complexity index is 1100. The van der Waals surface area contributed by atoms with Crippen molar-refractivity contribution in [3.63, 3.8) is 0 Å². The molecule has 0 aliphatic carbocycles. The topological polar surface area (TPSA) is 111 Å². The van der Waals surface area contributed by atoms with Gasteiger partial charge in [0.15, 0.2) is 0 Å². The number of carbonyl (C=O) groups excluding carboxylic acids is 1. The minimum absolute atomic E-state index is 0.000243. The van der Waals surface area contributed by atoms with Crippen LogP contribution in [0.25, 0.3) is 0 Å². The Balaban J connectivity index is 1.93. The average molecular weight is 442 g/mol. The standard InChI is InChI=1S/C17H11Cl2F2N5O3/c18-10-1-8(5-22)2-11(4-10)29-14-13(15(20)21)23-7-26(17(14)28)6-9-3-12(19)24-25-16(9)27/h1-4,15,23H,6-7H2,(H,25,27). The van der Waals surface area contributed by atoms with Gasteiger partial charge in [-0.25, -0.2) is 13.9 Å². The molecule has 0 fully saturated rings. The Hall–Kier alpha value is -3.16. The second kappa shape index (κ2) is 8.46. The van der Waals surface area contributed by atoms with Crippen LogP contribution >= 0.6 is 23.2 Å². The van der Waals surface area contributed by atoms with Crippen LogP contribution in [-0.2, 0) is 11.3 Å². The van der Waals surface area contributed by atoms with Crippen LogP contribution in [0.1, 0.15) is 11.1 Å². The van der Waals surface area contributed by atoms with E-state index in [2.05, 4.69) is 15.5 Å². The molecule has 2 heterocycles. The van der Waals surface area contributed by atoms with E-state index in [0.717, 1.165) is 4.90 Å². The molecule has 150 valence electrons. The summed E-state index contributed by atoms with van der Waals surface area (Å²) < 4.78 is 32.2. The van der Waals surface area contributed by atoms with Crippen molar-refractivity contribution in [2.45, 2.75) is 13.0 Å². The minimum atomic E-state index is -3.02. The van der Waals surface area contributed by atoms with Crippen molar-refractivity contribution in [2.75, 3.05) is 6.67 Å². The quantitative estimate of drug-likeness (QED) is 0.736. The van der Waals surface area contributed by atoms with E-state index in [4.69, 9.17) is 33.2 Å². The molecule has 3 rings (SSSR count). The van der Waals surface area contributed by atoms with E-state index in [1.165, 1.54) is 24.3 Å². The van der Waals surface area contributed by atoms with Crippen LogP contribution in [0.3, 0.4) is 0 Å². The van der Waals surface area contributed by atoms with Gasteiger partial charge in [0.1, 0.15) is 16.6 Å². The second-order valence-electron chi connectivity index (χ2n) is 5.82. The fourth-order valence-electron chi connectivity index (χ4n) is 2.54. The molecule has 1 aromatic carbocycles. The van der Waals surface area contributed by atoms with Crippen molar-refractivity contribution >= 4 is 29.1 Å². The number of aromatic nitrogens is 2. The Morgan fingerprint density at radius 2 is 2.03 bits per heavy atom. The lowest BCUT2D eigenvalue weighted by molar-refractivity contribution is -0.132. The summed E-state index contributed by atoms with van der Waals surface area (Å²) in [7, 11) is 0. The van der Waals surface area contributed by atoms with E-state index in [1.54, 1.807) is 0 Å². The molecule has 1 aromatic heterocycles. The number of benzene rings is 1. The monoisotopic (exact) mass is 441 g/mol. The van der Waals surface area contributed by atoms with Gasteiger partial charge >= 0.3 is 0 Å². The normalized spacial score (nSPS) is 14.1. The molecule has 0 saturated carbocycles. The van der Waals surface area contributed by atoms with Crippen molar-refractivity contribution in [1.82, 2.24) is 20.4 Å². The molecule has 1 aliphatic rings. The molecule has 0 radical (unpaired) electrons. The first-order valence-electron chi connectivity index (χ1n) is 7.96. The maximum absolute atomic E-state index is 13.4. The highest BCUT2D eigenvalue weighted by Crippen LogP contribution is 2.26. The van der Waals surface area contributed by atoms with Crippen LogP contribution in [-0.4, -0.2) is 34.1 Å². The summed E-state index contributed by atoms with van der Waals surface area (Å²) in [6, 6.07) is 6.99. The van der Waals surface area contributed by atoms with E-state index < -0.39 is 29.3 Å². The molecule has 8 nitrogen and oxygen atoms in total. The van der Waals surface area contributed by atoms with Gasteiger partial charge in [-0.1, -0.05) is 23.2 Å². The predicted molar refractivity (Wildman–Crippen MR) is 98.2 cm³/mol. The van der Waals surface area contributed by atoms with Gasteiger partial charge in [-0.15, -0.1) is 0 Å². The number of aromatic amines is 1. The Kier molecular flexibility index (Phi) is 6.00. The van der Waals surface area contributed by atoms with Gasteiger partial charge in [-0.3, -0.25) is 9.59 Å². The van der Waals surface area contributed by atoms with E-state index in [0.29, 0.717) is 0 Å². The summed E-state index contributed by atoms with van der Waals surface area (Å²) in [5.41, 5.74) is -1.07. The molecule has 0 bridgehead atoms. The number of halogens is 4. The van der Waals surface area contributed by atoms with Crippen molar-refractivity contribution in [3.8, 4) is 11.8 Å². The average Bonchev–Trinajstić information content (AvgIpc) is 2.67. The van der Waals surface area contributed by atoms with E-state index in [1.807, 2.05) is 6.07 Å². The predicted octanol–water partition coefficient (Wildman–Crippen LogP) is 2.39. The fourth-order valence-corrected chi connectivity index (χ4v) is 2.94. The van der Waals surface area contributed by atoms with Crippen molar-refractivity contribution in [2.24, 2.45) is 0 Å². The zero-order chi connectivity index (χ0) is 21.1. The number of nitriles is 1. The van der Waals surface area contributed by atoms with Gasteiger partial charge in [0.2, 0.25) is 5.76 Å². The maximum Gasteiger partial charge on any atom is 0.293 e. The summed E-state index contributed by atoms with van der Waals surface area (Å²) in [6.45, 7) is -0.518. The number of nitrogens with zero attached hydrogens (tertiary/aromatic N) is 3. The van der Waals surface area contributed by atoms with Crippen LogP contribution in [0, 0.1) is 11.3 Å². The molecule has 0 saturated heterocycles. The SMILES string of the molecule is N#Cc1cc(Cl)cc(OC2=C(C(F)F)NCN(Cc3cc(Cl)n[nH]c3=O)C2=O)c1. The van der Waals surface area contributed by atoms with Gasteiger partial charge in [0, 0.05) is 10.6 Å². The Morgan fingerprint density at radius 1 is 1.28 bits per heavy atom. The van der Waals surface area contributed by atoms with Crippen LogP contribution in [0.15, 0.2) is 40.5 Å². The number of hydrogen-bond acceptors (Lipinski definition) is 6. The largest absolute Gasteiger partial charge is 0.449 e. The van der Waals surface area contributed by atoms with Gasteiger partial charge in [-0.2, -0.15) is 10.4 Å². The van der Waals surface area contributed by atoms with E-state index >= 15 is 0 Å². The molecule has 0 atom stereocenters. The summed E-state index contributed by atoms with van der Waals surface area (Å²) in [5, 5.41) is 17.2. The number of allylic oxidation sites excluding steroid dienone is 1. The number of ether oxygens (including phenoxy) is 1. The fraction of sp³-hybridized carbons (Fsp3) is 0.176. The van der Waals surface area contributed by atoms with Crippen LogP contribution < -0.4 is 15.6 Å². The first kappa shape index (κ1) is 20.6. The highest BCUT2D eigenvalue weighted by Gasteiger charge is 2.33. The number of amides is 1. The van der Waals surface area contributed by atoms with Crippen molar-refractivity contribution < 1.29 is 18.3 Å². The van der Waals surface area contributed by atoms with Crippen LogP contribution in [0.2, 0.25) is 10.2 Å². The van der Waals surface area contributed by atoms with E-state index in [9.17, 15) is 18.4 Å². The van der Waals surface area contributed by atoms with Crippen LogP contribution in [0.5, 0.6) is 5.75 Å². The zero-order valence-electron chi connectivity index (χ0n) is 14.4. The third kappa shape index (κ3) is 4.64. The summed E-state index contributed by atoms with van der Waals surface area (Å²) >= 11 is 11.6. The summed E-state index contributed by atoms with van der Waals surface area (Å²) in [4.78, 5) is 25.7. The lowest BCUT2D eigenvalue weighted by atomic mass is 10.2. The van der Waals surface area contributed by atoms with Crippen molar-refractivity contribution in [1.29, 1.82) is 5.26 Å². The van der Waals surface area contributed by atoms with Gasteiger partial charge in [-0.05, 0) is 24.3 Å².